The summed E-state index contributed by atoms with van der Waals surface area (Å²) in [6.45, 7) is 0.000383. The van der Waals surface area contributed by atoms with E-state index >= 15 is 0 Å². The average Bonchev–Trinajstić information content (AvgIpc) is 2.76. The number of nitriles is 1. The minimum absolute atomic E-state index is 0.141. The number of nitro benzene ring substituents is 1. The number of nitrogens with one attached hydrogen (secondary N) is 1. The van der Waals surface area contributed by atoms with Gasteiger partial charge in [0.2, 0.25) is 0 Å². The molecule has 1 heterocycles. The topological polar surface area (TPSA) is 161 Å². The Hall–Kier alpha value is -4.59. The molecule has 1 aliphatic heterocycles. The Labute approximate surface area is 175 Å². The van der Waals surface area contributed by atoms with Gasteiger partial charge in [-0.3, -0.25) is 14.9 Å². The lowest BCUT2D eigenvalue weighted by Crippen LogP contribution is -2.18. The summed E-state index contributed by atoms with van der Waals surface area (Å²) in [4.78, 5) is 33.8. The molecule has 0 saturated heterocycles. The van der Waals surface area contributed by atoms with Crippen LogP contribution in [0.5, 0.6) is 17.2 Å². The lowest BCUT2D eigenvalue weighted by atomic mass is 10.1. The smallest absolute Gasteiger partial charge is 0.341 e. The van der Waals surface area contributed by atoms with Gasteiger partial charge in [-0.05, 0) is 23.8 Å². The van der Waals surface area contributed by atoms with Crippen molar-refractivity contribution in [2.75, 3.05) is 25.1 Å². The second kappa shape index (κ2) is 9.27. The van der Waals surface area contributed by atoms with Gasteiger partial charge in [-0.2, -0.15) is 5.26 Å². The number of ether oxygens (including phenoxy) is 3. The van der Waals surface area contributed by atoms with E-state index in [0.717, 1.165) is 6.07 Å². The standard InChI is InChI=1S/C20H15N3O8/c21-10-13(7-12-1-3-14(4-2-12)31-11-19(24)25)20(26)22-15-8-17-18(30-6-5-29-17)9-16(15)23(27)28/h1-4,7-9H,5-6,11H2,(H,22,26)(H,24,25)/b13-7+. The monoisotopic (exact) mass is 425 g/mol. The van der Waals surface area contributed by atoms with Gasteiger partial charge < -0.3 is 24.6 Å². The Morgan fingerprint density at radius 2 is 1.87 bits per heavy atom. The van der Waals surface area contributed by atoms with Gasteiger partial charge in [0.15, 0.2) is 18.1 Å². The van der Waals surface area contributed by atoms with E-state index in [1.54, 1.807) is 6.07 Å². The van der Waals surface area contributed by atoms with Gasteiger partial charge >= 0.3 is 5.97 Å². The summed E-state index contributed by atoms with van der Waals surface area (Å²) in [7, 11) is 0. The second-order valence-electron chi connectivity index (χ2n) is 6.15. The number of rotatable bonds is 7. The van der Waals surface area contributed by atoms with Crippen molar-refractivity contribution in [2.24, 2.45) is 0 Å². The molecule has 3 rings (SSSR count). The Balaban J connectivity index is 1.80. The summed E-state index contributed by atoms with van der Waals surface area (Å²) in [5.74, 6) is -1.24. The van der Waals surface area contributed by atoms with Gasteiger partial charge in [0.1, 0.15) is 36.3 Å². The molecule has 1 aliphatic rings. The van der Waals surface area contributed by atoms with Crippen molar-refractivity contribution in [3.63, 3.8) is 0 Å². The number of hydrogen-bond acceptors (Lipinski definition) is 8. The number of anilines is 1. The predicted molar refractivity (Wildman–Crippen MR) is 106 cm³/mol. The summed E-state index contributed by atoms with van der Waals surface area (Å²) >= 11 is 0. The SMILES string of the molecule is N#C/C(=C\c1ccc(OCC(=O)O)cc1)C(=O)Nc1cc2c(cc1[N+](=O)[O-])OCCO2. The molecule has 11 heteroatoms. The number of carboxylic acid groups (broad SMARTS) is 1. The van der Waals surface area contributed by atoms with Crippen LogP contribution in [0.25, 0.3) is 6.08 Å². The summed E-state index contributed by atoms with van der Waals surface area (Å²) in [5, 5.41) is 31.7. The van der Waals surface area contributed by atoms with Crippen LogP contribution in [0.15, 0.2) is 42.0 Å². The summed E-state index contributed by atoms with van der Waals surface area (Å²) in [6.07, 6.45) is 1.28. The fraction of sp³-hybridized carbons (Fsp3) is 0.150. The van der Waals surface area contributed by atoms with E-state index in [4.69, 9.17) is 19.3 Å². The number of carbonyl (C=O) groups excluding carboxylic acids is 1. The van der Waals surface area contributed by atoms with Gasteiger partial charge in [0.05, 0.1) is 11.0 Å². The lowest BCUT2D eigenvalue weighted by Gasteiger charge is -2.19. The van der Waals surface area contributed by atoms with Crippen molar-refractivity contribution in [3.05, 3.63) is 57.6 Å². The summed E-state index contributed by atoms with van der Waals surface area (Å²) < 4.78 is 15.7. The Morgan fingerprint density at radius 3 is 2.45 bits per heavy atom. The maximum Gasteiger partial charge on any atom is 0.341 e. The Kier molecular flexibility index (Phi) is 6.32. The molecular formula is C20H15N3O8. The molecule has 0 saturated carbocycles. The van der Waals surface area contributed by atoms with Crippen molar-refractivity contribution in [1.29, 1.82) is 5.26 Å². The van der Waals surface area contributed by atoms with Gasteiger partial charge in [0, 0.05) is 6.07 Å². The van der Waals surface area contributed by atoms with E-state index in [0.29, 0.717) is 11.3 Å². The minimum atomic E-state index is -1.12. The third kappa shape index (κ3) is 5.27. The molecule has 2 N–H and O–H groups in total. The number of nitrogens with zero attached hydrogens (tertiary/aromatic N) is 2. The number of benzene rings is 2. The number of fused-ring (bicyclic) bond motifs is 1. The molecular weight excluding hydrogens is 410 g/mol. The first-order chi connectivity index (χ1) is 14.9. The predicted octanol–water partition coefficient (Wildman–Crippen LogP) is 2.38. The van der Waals surface area contributed by atoms with E-state index in [9.17, 15) is 25.0 Å². The number of aliphatic carboxylic acids is 1. The van der Waals surface area contributed by atoms with Crippen LogP contribution in [0, 0.1) is 21.4 Å². The number of hydrogen-bond donors (Lipinski definition) is 2. The third-order valence-electron chi connectivity index (χ3n) is 4.02. The van der Waals surface area contributed by atoms with Crippen molar-refractivity contribution >= 4 is 29.3 Å². The lowest BCUT2D eigenvalue weighted by molar-refractivity contribution is -0.384. The van der Waals surface area contributed by atoms with Crippen molar-refractivity contribution in [2.45, 2.75) is 0 Å². The van der Waals surface area contributed by atoms with Crippen LogP contribution in [0.3, 0.4) is 0 Å². The highest BCUT2D eigenvalue weighted by molar-refractivity contribution is 6.10. The minimum Gasteiger partial charge on any atom is -0.486 e. The zero-order valence-corrected chi connectivity index (χ0v) is 15.9. The largest absolute Gasteiger partial charge is 0.486 e. The average molecular weight is 425 g/mol. The van der Waals surface area contributed by atoms with Crippen LogP contribution in [-0.2, 0) is 9.59 Å². The molecule has 158 valence electrons. The molecule has 0 bridgehead atoms. The van der Waals surface area contributed by atoms with E-state index in [1.807, 2.05) is 0 Å². The Bertz CT molecular complexity index is 1100. The molecule has 0 atom stereocenters. The third-order valence-corrected chi connectivity index (χ3v) is 4.02. The van der Waals surface area contributed by atoms with Crippen LogP contribution < -0.4 is 19.5 Å². The zero-order valence-electron chi connectivity index (χ0n) is 15.9. The summed E-state index contributed by atoms with van der Waals surface area (Å²) in [5.41, 5.74) is -0.387. The van der Waals surface area contributed by atoms with Crippen LogP contribution in [0.1, 0.15) is 5.56 Å². The molecule has 1 amide bonds. The first kappa shape index (κ1) is 21.1. The fourth-order valence-corrected chi connectivity index (χ4v) is 2.64. The van der Waals surface area contributed by atoms with E-state index < -0.39 is 29.1 Å². The maximum atomic E-state index is 12.5. The molecule has 11 nitrogen and oxygen atoms in total. The molecule has 0 aromatic heterocycles. The van der Waals surface area contributed by atoms with E-state index in [1.165, 1.54) is 36.4 Å². The molecule has 0 fully saturated rings. The van der Waals surface area contributed by atoms with Gasteiger partial charge in [-0.15, -0.1) is 0 Å². The van der Waals surface area contributed by atoms with Gasteiger partial charge in [0.25, 0.3) is 11.6 Å². The number of carboxylic acids is 1. The molecule has 2 aromatic carbocycles. The normalized spacial score (nSPS) is 12.4. The summed E-state index contributed by atoms with van der Waals surface area (Å²) in [6, 6.07) is 10.2. The second-order valence-corrected chi connectivity index (χ2v) is 6.15. The quantitative estimate of drug-likeness (QED) is 0.293. The number of carbonyl (C=O) groups is 2. The number of amides is 1. The molecule has 31 heavy (non-hydrogen) atoms. The highest BCUT2D eigenvalue weighted by Gasteiger charge is 2.24. The zero-order chi connectivity index (χ0) is 22.4. The number of nitro groups is 1. The molecule has 0 radical (unpaired) electrons. The van der Waals surface area contributed by atoms with Crippen LogP contribution in [0.2, 0.25) is 0 Å². The van der Waals surface area contributed by atoms with Crippen molar-refractivity contribution in [3.8, 4) is 23.3 Å². The van der Waals surface area contributed by atoms with Gasteiger partial charge in [-0.1, -0.05) is 12.1 Å². The highest BCUT2D eigenvalue weighted by atomic mass is 16.6. The Morgan fingerprint density at radius 1 is 1.23 bits per heavy atom. The van der Waals surface area contributed by atoms with E-state index in [-0.39, 0.29) is 36.0 Å². The van der Waals surface area contributed by atoms with Crippen molar-refractivity contribution in [1.82, 2.24) is 0 Å². The maximum absolute atomic E-state index is 12.5. The molecule has 0 spiro atoms. The van der Waals surface area contributed by atoms with Gasteiger partial charge in [-0.25, -0.2) is 4.79 Å². The fourth-order valence-electron chi connectivity index (χ4n) is 2.64. The molecule has 0 unspecified atom stereocenters. The van der Waals surface area contributed by atoms with E-state index in [2.05, 4.69) is 5.32 Å². The van der Waals surface area contributed by atoms with Crippen LogP contribution in [-0.4, -0.2) is 41.7 Å². The van der Waals surface area contributed by atoms with Crippen molar-refractivity contribution < 1.29 is 33.8 Å². The molecule has 0 aliphatic carbocycles. The van der Waals surface area contributed by atoms with Crippen LogP contribution >= 0.6 is 0 Å². The first-order valence-corrected chi connectivity index (χ1v) is 8.83. The molecule has 2 aromatic rings. The first-order valence-electron chi connectivity index (χ1n) is 8.83. The van der Waals surface area contributed by atoms with Crippen LogP contribution in [0.4, 0.5) is 11.4 Å². The highest BCUT2D eigenvalue weighted by Crippen LogP contribution is 2.39.